The number of aliphatic imine (C=N–C) groups is 1. The number of carbonyl (C=O) groups excluding carboxylic acids is 1. The molecular weight excluding hydrogens is 511 g/mol. The predicted molar refractivity (Wildman–Crippen MR) is 132 cm³/mol. The molecule has 0 spiro atoms. The number of amides is 1. The van der Waals surface area contributed by atoms with E-state index in [-0.39, 0.29) is 29.9 Å². The molecule has 0 unspecified atom stereocenters. The molecule has 0 radical (unpaired) electrons. The molecule has 9 heteroatoms. The van der Waals surface area contributed by atoms with Crippen LogP contribution in [0.15, 0.2) is 4.99 Å². The zero-order valence-corrected chi connectivity index (χ0v) is 21.4. The Hall–Kier alpha value is -0.650. The van der Waals surface area contributed by atoms with Crippen molar-refractivity contribution in [3.8, 4) is 0 Å². The van der Waals surface area contributed by atoms with Crippen molar-refractivity contribution in [2.24, 2.45) is 16.8 Å². The third-order valence-electron chi connectivity index (χ3n) is 6.20. The van der Waals surface area contributed by atoms with Crippen LogP contribution < -0.4 is 5.32 Å². The molecule has 3 saturated heterocycles. The van der Waals surface area contributed by atoms with Crippen molar-refractivity contribution in [2.45, 2.75) is 39.0 Å². The largest absolute Gasteiger partial charge is 0.381 e. The first-order valence-electron chi connectivity index (χ1n) is 11.8. The molecule has 3 heterocycles. The van der Waals surface area contributed by atoms with Crippen LogP contribution in [0.1, 0.15) is 39.0 Å². The van der Waals surface area contributed by atoms with Gasteiger partial charge in [-0.1, -0.05) is 0 Å². The van der Waals surface area contributed by atoms with E-state index in [4.69, 9.17) is 19.2 Å². The maximum Gasteiger partial charge on any atom is 0.225 e. The lowest BCUT2D eigenvalue weighted by Gasteiger charge is -2.36. The molecule has 1 amide bonds. The number of likely N-dealkylation sites (tertiary alicyclic amines) is 1. The second-order valence-corrected chi connectivity index (χ2v) is 8.42. The van der Waals surface area contributed by atoms with E-state index < -0.39 is 0 Å². The van der Waals surface area contributed by atoms with Crippen molar-refractivity contribution in [1.82, 2.24) is 15.1 Å². The summed E-state index contributed by atoms with van der Waals surface area (Å²) < 4.78 is 16.6. The predicted octanol–water partition coefficient (Wildman–Crippen LogP) is 1.97. The van der Waals surface area contributed by atoms with Gasteiger partial charge in [0.25, 0.3) is 0 Å². The van der Waals surface area contributed by atoms with Crippen molar-refractivity contribution < 1.29 is 19.0 Å². The molecule has 0 aromatic heterocycles. The zero-order valence-electron chi connectivity index (χ0n) is 19.1. The molecule has 0 aromatic carbocycles. The second-order valence-electron chi connectivity index (χ2n) is 8.42. The van der Waals surface area contributed by atoms with E-state index in [2.05, 4.69) is 17.1 Å². The summed E-state index contributed by atoms with van der Waals surface area (Å²) in [6.07, 6.45) is 4.97. The first kappa shape index (κ1) is 26.6. The summed E-state index contributed by atoms with van der Waals surface area (Å²) in [5.41, 5.74) is 0. The van der Waals surface area contributed by atoms with E-state index in [1.807, 2.05) is 4.90 Å². The number of carbonyl (C=O) groups is 1. The molecule has 0 aromatic rings. The molecule has 31 heavy (non-hydrogen) atoms. The molecule has 0 atom stereocenters. The minimum absolute atomic E-state index is 0. The topological polar surface area (TPSA) is 75.6 Å². The second kappa shape index (κ2) is 15.2. The molecule has 8 nitrogen and oxygen atoms in total. The number of halogens is 1. The van der Waals surface area contributed by atoms with Gasteiger partial charge in [-0.3, -0.25) is 9.79 Å². The van der Waals surface area contributed by atoms with Crippen LogP contribution in [0.25, 0.3) is 0 Å². The number of nitrogens with zero attached hydrogens (tertiary/aromatic N) is 3. The minimum Gasteiger partial charge on any atom is -0.381 e. The van der Waals surface area contributed by atoms with Gasteiger partial charge in [-0.2, -0.15) is 0 Å². The van der Waals surface area contributed by atoms with E-state index >= 15 is 0 Å². The van der Waals surface area contributed by atoms with E-state index in [1.165, 1.54) is 0 Å². The van der Waals surface area contributed by atoms with Gasteiger partial charge in [-0.15, -0.1) is 24.0 Å². The van der Waals surface area contributed by atoms with Crippen molar-refractivity contribution >= 4 is 35.8 Å². The van der Waals surface area contributed by atoms with Crippen LogP contribution in [0.4, 0.5) is 0 Å². The highest BCUT2D eigenvalue weighted by atomic mass is 127. The third-order valence-corrected chi connectivity index (χ3v) is 6.20. The van der Waals surface area contributed by atoms with Gasteiger partial charge in [0.15, 0.2) is 5.96 Å². The van der Waals surface area contributed by atoms with Crippen LogP contribution in [0.2, 0.25) is 0 Å². The van der Waals surface area contributed by atoms with E-state index in [1.54, 1.807) is 0 Å². The van der Waals surface area contributed by atoms with Gasteiger partial charge < -0.3 is 29.3 Å². The molecular formula is C22H41IN4O4. The number of hydrogen-bond donors (Lipinski definition) is 1. The van der Waals surface area contributed by atoms with Crippen molar-refractivity contribution in [1.29, 1.82) is 0 Å². The van der Waals surface area contributed by atoms with Crippen molar-refractivity contribution in [3.63, 3.8) is 0 Å². The number of nitrogens with one attached hydrogen (secondary N) is 1. The maximum absolute atomic E-state index is 12.7. The average molecular weight is 552 g/mol. The Kier molecular flexibility index (Phi) is 13.1. The van der Waals surface area contributed by atoms with Gasteiger partial charge >= 0.3 is 0 Å². The van der Waals surface area contributed by atoms with E-state index in [0.717, 1.165) is 104 Å². The fourth-order valence-electron chi connectivity index (χ4n) is 4.32. The van der Waals surface area contributed by atoms with Crippen molar-refractivity contribution in [2.75, 3.05) is 78.9 Å². The maximum atomic E-state index is 12.7. The van der Waals surface area contributed by atoms with Crippen LogP contribution in [-0.4, -0.2) is 101 Å². The summed E-state index contributed by atoms with van der Waals surface area (Å²) in [5.74, 6) is 2.07. The third kappa shape index (κ3) is 9.01. The fourth-order valence-corrected chi connectivity index (χ4v) is 4.32. The Balaban J connectivity index is 0.00000341. The summed E-state index contributed by atoms with van der Waals surface area (Å²) >= 11 is 0. The quantitative estimate of drug-likeness (QED) is 0.215. The van der Waals surface area contributed by atoms with Gasteiger partial charge in [-0.05, 0) is 44.9 Å². The summed E-state index contributed by atoms with van der Waals surface area (Å²) in [4.78, 5) is 21.8. The lowest BCUT2D eigenvalue weighted by atomic mass is 9.95. The van der Waals surface area contributed by atoms with E-state index in [9.17, 15) is 4.79 Å². The summed E-state index contributed by atoms with van der Waals surface area (Å²) in [5, 5.41) is 3.41. The van der Waals surface area contributed by atoms with Gasteiger partial charge in [0.05, 0.1) is 13.2 Å². The number of rotatable bonds is 8. The Morgan fingerprint density at radius 2 is 1.68 bits per heavy atom. The standard InChI is InChI=1S/C22H40N4O4.HI/c1-2-23-22(24-8-3-13-30-18-19-6-14-28-15-7-19)26-9-4-20(5-10-26)21(27)25-11-16-29-17-12-25;/h19-20H,2-18H2,1H3,(H,23,24);1H. The highest BCUT2D eigenvalue weighted by Gasteiger charge is 2.30. The lowest BCUT2D eigenvalue weighted by Crippen LogP contribution is -2.50. The van der Waals surface area contributed by atoms with Gasteiger partial charge in [0.2, 0.25) is 5.91 Å². The first-order valence-corrected chi connectivity index (χ1v) is 11.8. The van der Waals surface area contributed by atoms with Crippen molar-refractivity contribution in [3.05, 3.63) is 0 Å². The van der Waals surface area contributed by atoms with Crippen LogP contribution in [0.3, 0.4) is 0 Å². The van der Waals surface area contributed by atoms with Crippen LogP contribution in [0, 0.1) is 11.8 Å². The Labute approximate surface area is 204 Å². The molecule has 3 rings (SSSR count). The number of hydrogen-bond acceptors (Lipinski definition) is 5. The van der Waals surface area contributed by atoms with Gasteiger partial charge in [0, 0.05) is 71.6 Å². The van der Waals surface area contributed by atoms with Crippen LogP contribution >= 0.6 is 24.0 Å². The van der Waals surface area contributed by atoms with Gasteiger partial charge in [0.1, 0.15) is 0 Å². The normalized spacial score (nSPS) is 21.6. The molecule has 0 aliphatic carbocycles. The molecule has 1 N–H and O–H groups in total. The molecule has 3 fully saturated rings. The van der Waals surface area contributed by atoms with Crippen LogP contribution in [-0.2, 0) is 19.0 Å². The lowest BCUT2D eigenvalue weighted by molar-refractivity contribution is -0.140. The highest BCUT2D eigenvalue weighted by Crippen LogP contribution is 2.20. The van der Waals surface area contributed by atoms with Gasteiger partial charge in [-0.25, -0.2) is 0 Å². The number of morpholine rings is 1. The molecule has 3 aliphatic heterocycles. The van der Waals surface area contributed by atoms with E-state index in [0.29, 0.717) is 25.0 Å². The smallest absolute Gasteiger partial charge is 0.225 e. The molecule has 0 bridgehead atoms. The number of guanidine groups is 1. The Bertz CT molecular complexity index is 532. The number of piperidine rings is 1. The SMILES string of the molecule is CCNC(=NCCCOCC1CCOCC1)N1CCC(C(=O)N2CCOCC2)CC1.I. The summed E-state index contributed by atoms with van der Waals surface area (Å²) in [7, 11) is 0. The molecule has 180 valence electrons. The molecule has 3 aliphatic rings. The summed E-state index contributed by atoms with van der Waals surface area (Å²) in [6.45, 7) is 11.6. The Morgan fingerprint density at radius 3 is 2.35 bits per heavy atom. The monoisotopic (exact) mass is 552 g/mol. The summed E-state index contributed by atoms with van der Waals surface area (Å²) in [6, 6.07) is 0. The zero-order chi connectivity index (χ0) is 21.0. The Morgan fingerprint density at radius 1 is 1.00 bits per heavy atom. The molecule has 0 saturated carbocycles. The minimum atomic E-state index is 0. The van der Waals surface area contributed by atoms with Crippen LogP contribution in [0.5, 0.6) is 0 Å². The fraction of sp³-hybridized carbons (Fsp3) is 0.909. The average Bonchev–Trinajstić information content (AvgIpc) is 2.81. The first-order chi connectivity index (χ1) is 14.8. The number of ether oxygens (including phenoxy) is 3. The highest BCUT2D eigenvalue weighted by molar-refractivity contribution is 14.0.